The Morgan fingerprint density at radius 2 is 1.79 bits per heavy atom. The predicted octanol–water partition coefficient (Wildman–Crippen LogP) is 5.01. The summed E-state index contributed by atoms with van der Waals surface area (Å²) >= 11 is 5.95. The third-order valence-corrected chi connectivity index (χ3v) is 3.94. The van der Waals surface area contributed by atoms with Crippen molar-refractivity contribution < 1.29 is 9.53 Å². The van der Waals surface area contributed by atoms with Gasteiger partial charge in [0.15, 0.2) is 6.10 Å². The monoisotopic (exact) mass is 345 g/mol. The van der Waals surface area contributed by atoms with E-state index in [2.05, 4.69) is 19.2 Å². The zero-order valence-corrected chi connectivity index (χ0v) is 15.1. The fourth-order valence-electron chi connectivity index (χ4n) is 2.52. The highest BCUT2D eigenvalue weighted by Gasteiger charge is 2.21. The first-order valence-corrected chi connectivity index (χ1v) is 8.61. The number of carbonyl (C=O) groups excluding carboxylic acids is 1. The first-order valence-electron chi connectivity index (χ1n) is 8.23. The van der Waals surface area contributed by atoms with E-state index in [1.165, 1.54) is 0 Å². The van der Waals surface area contributed by atoms with Gasteiger partial charge in [-0.3, -0.25) is 4.79 Å². The Balaban J connectivity index is 2.03. The molecule has 2 rings (SSSR count). The quantitative estimate of drug-likeness (QED) is 0.765. The summed E-state index contributed by atoms with van der Waals surface area (Å²) in [7, 11) is 0. The molecule has 2 aromatic rings. The molecule has 0 heterocycles. The Bertz CT molecular complexity index is 658. The van der Waals surface area contributed by atoms with E-state index in [-0.39, 0.29) is 11.9 Å². The predicted molar refractivity (Wildman–Crippen MR) is 98.3 cm³/mol. The van der Waals surface area contributed by atoms with E-state index in [0.717, 1.165) is 12.0 Å². The molecule has 0 aliphatic heterocycles. The maximum atomic E-state index is 12.5. The number of rotatable bonds is 7. The number of halogens is 1. The van der Waals surface area contributed by atoms with Crippen molar-refractivity contribution >= 4 is 17.5 Å². The van der Waals surface area contributed by atoms with E-state index in [4.69, 9.17) is 16.3 Å². The van der Waals surface area contributed by atoms with Gasteiger partial charge in [0.25, 0.3) is 5.91 Å². The van der Waals surface area contributed by atoms with Crippen molar-refractivity contribution in [2.24, 2.45) is 5.92 Å². The molecule has 0 aliphatic carbocycles. The molecule has 0 spiro atoms. The summed E-state index contributed by atoms with van der Waals surface area (Å²) < 4.78 is 5.70. The lowest BCUT2D eigenvalue weighted by Gasteiger charge is -2.23. The molecule has 0 unspecified atom stereocenters. The van der Waals surface area contributed by atoms with Crippen molar-refractivity contribution in [3.8, 4) is 5.75 Å². The number of carbonyl (C=O) groups is 1. The van der Waals surface area contributed by atoms with Crippen LogP contribution in [0.3, 0.4) is 0 Å². The van der Waals surface area contributed by atoms with Crippen molar-refractivity contribution in [3.05, 3.63) is 65.2 Å². The van der Waals surface area contributed by atoms with Gasteiger partial charge in [0.1, 0.15) is 5.75 Å². The number of amides is 1. The summed E-state index contributed by atoms with van der Waals surface area (Å²) in [5, 5.41) is 3.69. The number of ether oxygens (including phenoxy) is 1. The Morgan fingerprint density at radius 1 is 1.08 bits per heavy atom. The lowest BCUT2D eigenvalue weighted by molar-refractivity contribution is -0.128. The van der Waals surface area contributed by atoms with Gasteiger partial charge in [-0.15, -0.1) is 0 Å². The average molecular weight is 346 g/mol. The molecular formula is C20H24ClNO2. The minimum atomic E-state index is -0.596. The van der Waals surface area contributed by atoms with Crippen LogP contribution in [-0.4, -0.2) is 12.0 Å². The second-order valence-corrected chi connectivity index (χ2v) is 6.76. The molecule has 2 atom stereocenters. The van der Waals surface area contributed by atoms with E-state index in [0.29, 0.717) is 16.7 Å². The highest BCUT2D eigenvalue weighted by molar-refractivity contribution is 6.30. The molecule has 1 amide bonds. The molecule has 128 valence electrons. The number of benzene rings is 2. The Hall–Kier alpha value is -2.00. The molecule has 2 aromatic carbocycles. The van der Waals surface area contributed by atoms with Crippen LogP contribution in [0.5, 0.6) is 5.75 Å². The molecule has 0 aromatic heterocycles. The van der Waals surface area contributed by atoms with Crippen molar-refractivity contribution in [1.82, 2.24) is 5.32 Å². The van der Waals surface area contributed by atoms with Gasteiger partial charge in [-0.25, -0.2) is 0 Å². The van der Waals surface area contributed by atoms with Gasteiger partial charge in [-0.2, -0.15) is 0 Å². The first kappa shape index (κ1) is 18.3. The van der Waals surface area contributed by atoms with Crippen molar-refractivity contribution in [2.75, 3.05) is 0 Å². The second-order valence-electron chi connectivity index (χ2n) is 6.32. The van der Waals surface area contributed by atoms with Gasteiger partial charge >= 0.3 is 0 Å². The lowest BCUT2D eigenvalue weighted by atomic mass is 9.97. The third kappa shape index (κ3) is 5.57. The average Bonchev–Trinajstić information content (AvgIpc) is 2.54. The summed E-state index contributed by atoms with van der Waals surface area (Å²) in [6, 6.07) is 17.1. The van der Waals surface area contributed by atoms with Crippen LogP contribution in [0.25, 0.3) is 0 Å². The van der Waals surface area contributed by atoms with E-state index < -0.39 is 6.10 Å². The van der Waals surface area contributed by atoms with Crippen LogP contribution in [0.4, 0.5) is 0 Å². The van der Waals surface area contributed by atoms with Crippen LogP contribution in [0.15, 0.2) is 54.6 Å². The zero-order chi connectivity index (χ0) is 17.5. The summed E-state index contributed by atoms with van der Waals surface area (Å²) in [5.41, 5.74) is 1.11. The fourth-order valence-corrected chi connectivity index (χ4v) is 2.70. The van der Waals surface area contributed by atoms with Crippen LogP contribution >= 0.6 is 11.6 Å². The minimum absolute atomic E-state index is 0.0240. The maximum absolute atomic E-state index is 12.5. The molecule has 0 saturated carbocycles. The number of hydrogen-bond donors (Lipinski definition) is 1. The minimum Gasteiger partial charge on any atom is -0.481 e. The first-order chi connectivity index (χ1) is 11.5. The highest BCUT2D eigenvalue weighted by Crippen LogP contribution is 2.22. The van der Waals surface area contributed by atoms with Crippen molar-refractivity contribution in [2.45, 2.75) is 39.3 Å². The zero-order valence-electron chi connectivity index (χ0n) is 14.3. The van der Waals surface area contributed by atoms with Crippen molar-refractivity contribution in [3.63, 3.8) is 0 Å². The van der Waals surface area contributed by atoms with Crippen molar-refractivity contribution in [1.29, 1.82) is 0 Å². The topological polar surface area (TPSA) is 38.3 Å². The van der Waals surface area contributed by atoms with Gasteiger partial charge in [0, 0.05) is 5.02 Å². The molecule has 4 heteroatoms. The highest BCUT2D eigenvalue weighted by atomic mass is 35.5. The summed E-state index contributed by atoms with van der Waals surface area (Å²) in [4.78, 5) is 12.5. The van der Waals surface area contributed by atoms with Gasteiger partial charge in [-0.1, -0.05) is 61.8 Å². The number of hydrogen-bond acceptors (Lipinski definition) is 2. The SMILES string of the molecule is CC(C)C[C@H](NC(=O)[C@@H](C)Oc1cccc(Cl)c1)c1ccccc1. The van der Waals surface area contributed by atoms with Gasteiger partial charge in [0.05, 0.1) is 6.04 Å². The Kier molecular flexibility index (Phi) is 6.68. The van der Waals surface area contributed by atoms with E-state index in [9.17, 15) is 4.79 Å². The third-order valence-electron chi connectivity index (χ3n) is 3.70. The molecule has 1 N–H and O–H groups in total. The molecule has 0 saturated heterocycles. The maximum Gasteiger partial charge on any atom is 0.261 e. The second kappa shape index (κ2) is 8.74. The molecule has 24 heavy (non-hydrogen) atoms. The van der Waals surface area contributed by atoms with Crippen LogP contribution in [0.2, 0.25) is 5.02 Å². The standard InChI is InChI=1S/C20H24ClNO2/c1-14(2)12-19(16-8-5-4-6-9-16)22-20(23)15(3)24-18-11-7-10-17(21)13-18/h4-11,13-15,19H,12H2,1-3H3,(H,22,23)/t15-,19+/m1/s1. The van der Waals surface area contributed by atoms with Crippen LogP contribution < -0.4 is 10.1 Å². The van der Waals surface area contributed by atoms with E-state index in [1.54, 1.807) is 31.2 Å². The normalized spacial score (nSPS) is 13.4. The van der Waals surface area contributed by atoms with Gasteiger partial charge in [0.2, 0.25) is 0 Å². The smallest absolute Gasteiger partial charge is 0.261 e. The summed E-state index contributed by atoms with van der Waals surface area (Å²) in [6.07, 6.45) is 0.279. The fraction of sp³-hybridized carbons (Fsp3) is 0.350. The van der Waals surface area contributed by atoms with E-state index >= 15 is 0 Å². The van der Waals surface area contributed by atoms with Crippen LogP contribution in [0.1, 0.15) is 38.8 Å². The van der Waals surface area contributed by atoms with Gasteiger partial charge in [-0.05, 0) is 43.0 Å². The van der Waals surface area contributed by atoms with Crippen LogP contribution in [0, 0.1) is 5.92 Å². The Labute approximate surface area is 149 Å². The molecule has 0 aliphatic rings. The molecule has 0 bridgehead atoms. The summed E-state index contributed by atoms with van der Waals surface area (Å²) in [6.45, 7) is 6.04. The van der Waals surface area contributed by atoms with E-state index in [1.807, 2.05) is 30.3 Å². The molecule has 0 fully saturated rings. The Morgan fingerprint density at radius 3 is 2.42 bits per heavy atom. The number of nitrogens with one attached hydrogen (secondary N) is 1. The lowest BCUT2D eigenvalue weighted by Crippen LogP contribution is -2.39. The molecule has 3 nitrogen and oxygen atoms in total. The van der Waals surface area contributed by atoms with Gasteiger partial charge < -0.3 is 10.1 Å². The van der Waals surface area contributed by atoms with Crippen LogP contribution in [-0.2, 0) is 4.79 Å². The molecule has 0 radical (unpaired) electrons. The molecular weight excluding hydrogens is 322 g/mol. The summed E-state index contributed by atoms with van der Waals surface area (Å²) in [5.74, 6) is 0.925. The largest absolute Gasteiger partial charge is 0.481 e.